The Labute approximate surface area is 178 Å². The van der Waals surface area contributed by atoms with Crippen LogP contribution >= 0.6 is 24.0 Å². The van der Waals surface area contributed by atoms with Gasteiger partial charge in [0.05, 0.1) is 5.69 Å². The number of anilines is 1. The minimum atomic E-state index is 0. The molecule has 0 fully saturated rings. The van der Waals surface area contributed by atoms with Crippen molar-refractivity contribution in [3.63, 3.8) is 0 Å². The second-order valence-corrected chi connectivity index (χ2v) is 6.60. The molecule has 27 heavy (non-hydrogen) atoms. The molecule has 0 amide bonds. The number of aliphatic imine (C=N–C) groups is 1. The molecule has 1 aromatic carbocycles. The Bertz CT molecular complexity index is 816. The summed E-state index contributed by atoms with van der Waals surface area (Å²) in [5.74, 6) is 0.792. The number of nitrogens with one attached hydrogen (secondary N) is 2. The molecule has 0 saturated heterocycles. The van der Waals surface area contributed by atoms with Crippen molar-refractivity contribution in [2.45, 2.75) is 26.9 Å². The molecule has 7 heteroatoms. The van der Waals surface area contributed by atoms with E-state index in [1.165, 1.54) is 22.5 Å². The van der Waals surface area contributed by atoms with Gasteiger partial charge in [0, 0.05) is 57.2 Å². The predicted molar refractivity (Wildman–Crippen MR) is 123 cm³/mol. The Morgan fingerprint density at radius 3 is 2.48 bits per heavy atom. The second kappa shape index (κ2) is 9.77. The number of aryl methyl sites for hydroxylation is 2. The highest BCUT2D eigenvalue weighted by Crippen LogP contribution is 2.18. The molecule has 0 atom stereocenters. The summed E-state index contributed by atoms with van der Waals surface area (Å²) in [6, 6.07) is 8.66. The van der Waals surface area contributed by atoms with Crippen molar-refractivity contribution in [2.24, 2.45) is 12.0 Å². The summed E-state index contributed by atoms with van der Waals surface area (Å²) in [4.78, 5) is 6.68. The molecular weight excluding hydrogens is 451 g/mol. The maximum Gasteiger partial charge on any atom is 0.191 e. The average molecular weight is 480 g/mol. The molecule has 0 spiro atoms. The Balaban J connectivity index is 0.00000261. The molecule has 1 aliphatic rings. The monoisotopic (exact) mass is 480 g/mol. The number of halogens is 1. The summed E-state index contributed by atoms with van der Waals surface area (Å²) in [7, 11) is 3.77. The number of hydrogen-bond donors (Lipinski definition) is 2. The number of nitrogens with zero attached hydrogens (tertiary/aromatic N) is 4. The highest BCUT2D eigenvalue weighted by atomic mass is 127. The van der Waals surface area contributed by atoms with Gasteiger partial charge < -0.3 is 15.5 Å². The fourth-order valence-electron chi connectivity index (χ4n) is 3.20. The lowest BCUT2D eigenvalue weighted by atomic mass is 10.2. The third kappa shape index (κ3) is 5.24. The van der Waals surface area contributed by atoms with Gasteiger partial charge in [0.15, 0.2) is 5.96 Å². The van der Waals surface area contributed by atoms with E-state index in [-0.39, 0.29) is 24.0 Å². The van der Waals surface area contributed by atoms with Crippen LogP contribution in [0.1, 0.15) is 22.5 Å². The van der Waals surface area contributed by atoms with Crippen molar-refractivity contribution in [1.29, 1.82) is 0 Å². The van der Waals surface area contributed by atoms with Gasteiger partial charge in [-0.2, -0.15) is 5.10 Å². The van der Waals surface area contributed by atoms with E-state index in [1.807, 2.05) is 18.7 Å². The van der Waals surface area contributed by atoms with Crippen LogP contribution in [0.5, 0.6) is 0 Å². The van der Waals surface area contributed by atoms with E-state index >= 15 is 0 Å². The highest BCUT2D eigenvalue weighted by Gasteiger charge is 2.10. The minimum Gasteiger partial charge on any atom is -0.364 e. The first-order chi connectivity index (χ1) is 12.6. The molecule has 0 saturated carbocycles. The predicted octanol–water partition coefficient (Wildman–Crippen LogP) is 2.90. The number of aromatic nitrogens is 2. The highest BCUT2D eigenvalue weighted by molar-refractivity contribution is 14.0. The van der Waals surface area contributed by atoms with Crippen molar-refractivity contribution in [3.8, 4) is 0 Å². The molecule has 0 bridgehead atoms. The fourth-order valence-corrected chi connectivity index (χ4v) is 3.20. The van der Waals surface area contributed by atoms with Crippen molar-refractivity contribution < 1.29 is 0 Å². The van der Waals surface area contributed by atoms with Crippen LogP contribution in [0.15, 0.2) is 41.4 Å². The molecule has 2 aromatic rings. The first-order valence-corrected chi connectivity index (χ1v) is 9.01. The van der Waals surface area contributed by atoms with Gasteiger partial charge in [-0.3, -0.25) is 9.67 Å². The van der Waals surface area contributed by atoms with E-state index < -0.39 is 0 Å². The summed E-state index contributed by atoms with van der Waals surface area (Å²) in [5, 5.41) is 11.2. The maximum absolute atomic E-state index is 4.46. The Kier molecular flexibility index (Phi) is 7.70. The lowest BCUT2D eigenvalue weighted by molar-refractivity contribution is 0.728. The first kappa shape index (κ1) is 21.3. The van der Waals surface area contributed by atoms with Crippen LogP contribution in [-0.4, -0.2) is 35.9 Å². The molecule has 2 N–H and O–H groups in total. The van der Waals surface area contributed by atoms with Gasteiger partial charge in [0.25, 0.3) is 0 Å². The number of benzene rings is 1. The molecular formula is C20H29IN6. The Morgan fingerprint density at radius 2 is 1.85 bits per heavy atom. The topological polar surface area (TPSA) is 57.5 Å². The van der Waals surface area contributed by atoms with Gasteiger partial charge >= 0.3 is 0 Å². The molecule has 3 rings (SSSR count). The normalized spacial score (nSPS) is 13.6. The zero-order chi connectivity index (χ0) is 18.5. The lowest BCUT2D eigenvalue weighted by Gasteiger charge is -2.19. The fraction of sp³-hybridized carbons (Fsp3) is 0.400. The summed E-state index contributed by atoms with van der Waals surface area (Å²) >= 11 is 0. The molecule has 0 aliphatic carbocycles. The quantitative estimate of drug-likeness (QED) is 0.299. The molecule has 6 nitrogen and oxygen atoms in total. The van der Waals surface area contributed by atoms with Crippen LogP contribution in [-0.2, 0) is 20.1 Å². The molecule has 1 aromatic heterocycles. The number of hydrogen-bond acceptors (Lipinski definition) is 3. The van der Waals surface area contributed by atoms with Crippen LogP contribution in [0.3, 0.4) is 0 Å². The largest absolute Gasteiger partial charge is 0.364 e. The van der Waals surface area contributed by atoms with Crippen LogP contribution in [0.25, 0.3) is 0 Å². The van der Waals surface area contributed by atoms with Gasteiger partial charge in [0.2, 0.25) is 0 Å². The van der Waals surface area contributed by atoms with Gasteiger partial charge in [-0.25, -0.2) is 0 Å². The lowest BCUT2D eigenvalue weighted by Crippen LogP contribution is -2.36. The SMILES string of the molecule is CN=C(NCc1cccc(N2CC=CC2)c1)NCc1c(C)nn(C)c1C.I. The van der Waals surface area contributed by atoms with E-state index in [4.69, 9.17) is 0 Å². The number of guanidine groups is 1. The van der Waals surface area contributed by atoms with Crippen LogP contribution in [0, 0.1) is 13.8 Å². The summed E-state index contributed by atoms with van der Waals surface area (Å²) < 4.78 is 1.92. The van der Waals surface area contributed by atoms with Gasteiger partial charge in [-0.15, -0.1) is 24.0 Å². The molecule has 0 unspecified atom stereocenters. The van der Waals surface area contributed by atoms with E-state index in [0.717, 1.165) is 31.3 Å². The molecule has 0 radical (unpaired) electrons. The third-order valence-electron chi connectivity index (χ3n) is 4.87. The molecule has 2 heterocycles. The van der Waals surface area contributed by atoms with E-state index in [2.05, 4.69) is 69.0 Å². The zero-order valence-electron chi connectivity index (χ0n) is 16.5. The molecule has 146 valence electrons. The van der Waals surface area contributed by atoms with Crippen molar-refractivity contribution in [2.75, 3.05) is 25.0 Å². The van der Waals surface area contributed by atoms with E-state index in [0.29, 0.717) is 6.54 Å². The van der Waals surface area contributed by atoms with E-state index in [1.54, 1.807) is 7.05 Å². The standard InChI is InChI=1S/C20H28N6.HI/c1-15-19(16(2)25(4)24-15)14-23-20(21-3)22-13-17-8-7-9-18(12-17)26-10-5-6-11-26;/h5-9,12H,10-11,13-14H2,1-4H3,(H2,21,22,23);1H. The summed E-state index contributed by atoms with van der Waals surface area (Å²) in [5.41, 5.74) is 5.96. The minimum absolute atomic E-state index is 0. The van der Waals surface area contributed by atoms with Gasteiger partial charge in [-0.05, 0) is 31.5 Å². The summed E-state index contributed by atoms with van der Waals surface area (Å²) in [6.07, 6.45) is 4.41. The van der Waals surface area contributed by atoms with Gasteiger partial charge in [-0.1, -0.05) is 24.3 Å². The Morgan fingerprint density at radius 1 is 1.15 bits per heavy atom. The van der Waals surface area contributed by atoms with Crippen molar-refractivity contribution >= 4 is 35.6 Å². The smallest absolute Gasteiger partial charge is 0.191 e. The second-order valence-electron chi connectivity index (χ2n) is 6.60. The van der Waals surface area contributed by atoms with Gasteiger partial charge in [0.1, 0.15) is 0 Å². The van der Waals surface area contributed by atoms with Crippen LogP contribution < -0.4 is 15.5 Å². The third-order valence-corrected chi connectivity index (χ3v) is 4.87. The van der Waals surface area contributed by atoms with E-state index in [9.17, 15) is 0 Å². The van der Waals surface area contributed by atoms with Crippen LogP contribution in [0.4, 0.5) is 5.69 Å². The van der Waals surface area contributed by atoms with Crippen molar-refractivity contribution in [3.05, 3.63) is 58.9 Å². The van der Waals surface area contributed by atoms with Crippen molar-refractivity contribution in [1.82, 2.24) is 20.4 Å². The zero-order valence-corrected chi connectivity index (χ0v) is 18.8. The van der Waals surface area contributed by atoms with Crippen LogP contribution in [0.2, 0.25) is 0 Å². The number of rotatable bonds is 5. The first-order valence-electron chi connectivity index (χ1n) is 9.01. The summed E-state index contributed by atoms with van der Waals surface area (Å²) in [6.45, 7) is 7.56. The average Bonchev–Trinajstić information content (AvgIpc) is 3.26. The Hall–Kier alpha value is -2.03. The molecule has 1 aliphatic heterocycles. The maximum atomic E-state index is 4.46.